The van der Waals surface area contributed by atoms with Crippen molar-refractivity contribution in [3.05, 3.63) is 47.9 Å². The van der Waals surface area contributed by atoms with E-state index in [2.05, 4.69) is 17.7 Å². The van der Waals surface area contributed by atoms with Crippen LogP contribution < -0.4 is 5.59 Å². The van der Waals surface area contributed by atoms with E-state index in [1.165, 1.54) is 5.56 Å². The number of hydrogen-bond donors (Lipinski definition) is 1. The Morgan fingerprint density at radius 1 is 1.29 bits per heavy atom. The first-order valence-corrected chi connectivity index (χ1v) is 5.67. The molecule has 1 aliphatic rings. The van der Waals surface area contributed by atoms with Gasteiger partial charge in [-0.25, -0.2) is 0 Å². The van der Waals surface area contributed by atoms with Gasteiger partial charge in [-0.1, -0.05) is 35.9 Å². The zero-order valence-electron chi connectivity index (χ0n) is 9.85. The van der Waals surface area contributed by atoms with Gasteiger partial charge in [-0.05, 0) is 18.9 Å². The Morgan fingerprint density at radius 2 is 2.06 bits per heavy atom. The smallest absolute Gasteiger partial charge is 0.150 e. The number of allylic oxidation sites excluding steroid dienone is 1. The molecule has 1 N–H and O–H groups in total. The Balaban J connectivity index is 1.82. The van der Waals surface area contributed by atoms with E-state index in [1.54, 1.807) is 11.9 Å². The van der Waals surface area contributed by atoms with Crippen molar-refractivity contribution in [3.63, 3.8) is 0 Å². The Morgan fingerprint density at radius 3 is 2.76 bits per heavy atom. The number of ketones is 1. The van der Waals surface area contributed by atoms with Crippen molar-refractivity contribution >= 4 is 5.78 Å². The summed E-state index contributed by atoms with van der Waals surface area (Å²) in [5.41, 5.74) is 3.97. The average molecular weight is 232 g/mol. The molecule has 0 amide bonds. The lowest BCUT2D eigenvalue weighted by Crippen LogP contribution is -2.31. The third kappa shape index (κ3) is 3.60. The minimum absolute atomic E-state index is 0.0988. The fraction of sp³-hybridized carbons (Fsp3) is 0.308. The fourth-order valence-electron chi connectivity index (χ4n) is 1.69. The second-order valence-electron chi connectivity index (χ2n) is 4.10. The Kier molecular flexibility index (Phi) is 3.77. The van der Waals surface area contributed by atoms with Gasteiger partial charge in [-0.3, -0.25) is 9.80 Å². The summed E-state index contributed by atoms with van der Waals surface area (Å²) in [4.78, 5) is 16.2. The van der Waals surface area contributed by atoms with Crippen LogP contribution in [0.4, 0.5) is 0 Å². The summed E-state index contributed by atoms with van der Waals surface area (Å²) in [6.07, 6.45) is 3.60. The molecule has 0 aliphatic carbocycles. The number of hydrogen-bond acceptors (Lipinski definition) is 4. The predicted octanol–water partition coefficient (Wildman–Crippen LogP) is 1.80. The summed E-state index contributed by atoms with van der Waals surface area (Å²) in [6.45, 7) is 1.88. The SMILES string of the molecule is CC(=O)CN1C=C(CCc2ccccc2)ON1. The molecule has 0 aromatic heterocycles. The third-order valence-electron chi connectivity index (χ3n) is 2.49. The first-order valence-electron chi connectivity index (χ1n) is 5.67. The molecule has 1 aromatic carbocycles. The highest BCUT2D eigenvalue weighted by Gasteiger charge is 2.14. The lowest BCUT2D eigenvalue weighted by Gasteiger charge is -2.10. The van der Waals surface area contributed by atoms with Crippen LogP contribution in [0.15, 0.2) is 42.3 Å². The van der Waals surface area contributed by atoms with Gasteiger partial charge < -0.3 is 4.84 Å². The van der Waals surface area contributed by atoms with Crippen molar-refractivity contribution in [3.8, 4) is 0 Å². The monoisotopic (exact) mass is 232 g/mol. The zero-order chi connectivity index (χ0) is 12.1. The van der Waals surface area contributed by atoms with Crippen LogP contribution in [0.1, 0.15) is 18.9 Å². The molecule has 2 rings (SSSR count). The summed E-state index contributed by atoms with van der Waals surface area (Å²) < 4.78 is 0. The number of carbonyl (C=O) groups is 1. The summed E-state index contributed by atoms with van der Waals surface area (Å²) >= 11 is 0. The summed E-state index contributed by atoms with van der Waals surface area (Å²) in [7, 11) is 0. The van der Waals surface area contributed by atoms with E-state index in [9.17, 15) is 4.79 Å². The van der Waals surface area contributed by atoms with Crippen LogP contribution in [0.3, 0.4) is 0 Å². The van der Waals surface area contributed by atoms with E-state index in [4.69, 9.17) is 4.84 Å². The highest BCUT2D eigenvalue weighted by atomic mass is 16.7. The molecule has 1 aliphatic heterocycles. The summed E-state index contributed by atoms with van der Waals surface area (Å²) in [5, 5.41) is 1.66. The molecule has 90 valence electrons. The molecule has 0 spiro atoms. The van der Waals surface area contributed by atoms with Crippen molar-refractivity contribution in [2.24, 2.45) is 0 Å². The van der Waals surface area contributed by atoms with E-state index >= 15 is 0 Å². The molecule has 1 aromatic rings. The largest absolute Gasteiger partial charge is 0.392 e. The fourth-order valence-corrected chi connectivity index (χ4v) is 1.69. The minimum Gasteiger partial charge on any atom is -0.392 e. The van der Waals surface area contributed by atoms with Crippen molar-refractivity contribution in [1.29, 1.82) is 0 Å². The van der Waals surface area contributed by atoms with E-state index in [0.29, 0.717) is 6.54 Å². The van der Waals surface area contributed by atoms with E-state index in [1.807, 2.05) is 24.4 Å². The average Bonchev–Trinajstić information content (AvgIpc) is 2.75. The molecule has 4 nitrogen and oxygen atoms in total. The predicted molar refractivity (Wildman–Crippen MR) is 64.5 cm³/mol. The van der Waals surface area contributed by atoms with Gasteiger partial charge in [0.2, 0.25) is 0 Å². The molecule has 4 heteroatoms. The molecule has 0 saturated heterocycles. The van der Waals surface area contributed by atoms with Crippen molar-refractivity contribution in [2.75, 3.05) is 6.54 Å². The number of aryl methyl sites for hydroxylation is 1. The highest BCUT2D eigenvalue weighted by molar-refractivity contribution is 5.77. The highest BCUT2D eigenvalue weighted by Crippen LogP contribution is 2.13. The van der Waals surface area contributed by atoms with Gasteiger partial charge in [-0.15, -0.1) is 0 Å². The van der Waals surface area contributed by atoms with Crippen LogP contribution >= 0.6 is 0 Å². The quantitative estimate of drug-likeness (QED) is 0.840. The van der Waals surface area contributed by atoms with Crippen molar-refractivity contribution in [2.45, 2.75) is 19.8 Å². The van der Waals surface area contributed by atoms with Crippen LogP contribution in [-0.4, -0.2) is 17.3 Å². The maximum atomic E-state index is 10.9. The minimum atomic E-state index is 0.0988. The third-order valence-corrected chi connectivity index (χ3v) is 2.49. The standard InChI is InChI=1S/C13H16N2O2/c1-11(16)9-15-10-13(17-14-15)8-7-12-5-3-2-4-6-12/h2-6,10,14H,7-9H2,1H3. The van der Waals surface area contributed by atoms with Crippen LogP contribution in [-0.2, 0) is 16.1 Å². The number of benzene rings is 1. The lowest BCUT2D eigenvalue weighted by atomic mass is 10.1. The molecule has 0 atom stereocenters. The van der Waals surface area contributed by atoms with Crippen LogP contribution in [0.2, 0.25) is 0 Å². The molecule has 0 unspecified atom stereocenters. The van der Waals surface area contributed by atoms with Crippen LogP contribution in [0.5, 0.6) is 0 Å². The first-order chi connectivity index (χ1) is 8.24. The maximum Gasteiger partial charge on any atom is 0.150 e. The molecular formula is C13H16N2O2. The van der Waals surface area contributed by atoms with Gasteiger partial charge >= 0.3 is 0 Å². The van der Waals surface area contributed by atoms with Crippen molar-refractivity contribution < 1.29 is 9.63 Å². The number of rotatable bonds is 5. The summed E-state index contributed by atoms with van der Waals surface area (Å²) in [5.74, 6) is 0.955. The van der Waals surface area contributed by atoms with E-state index in [-0.39, 0.29) is 5.78 Å². The molecule has 0 fully saturated rings. The summed E-state index contributed by atoms with van der Waals surface area (Å²) in [6, 6.07) is 10.2. The van der Waals surface area contributed by atoms with Crippen LogP contribution in [0.25, 0.3) is 0 Å². The second kappa shape index (κ2) is 5.50. The molecule has 0 saturated carbocycles. The zero-order valence-corrected chi connectivity index (χ0v) is 9.85. The number of Topliss-reactive ketones (excluding diaryl/α,β-unsaturated/α-hetero) is 1. The molecule has 0 bridgehead atoms. The Labute approximate surface area is 101 Å². The number of hydrazine groups is 1. The number of carbonyl (C=O) groups excluding carboxylic acids is 1. The number of nitrogens with zero attached hydrogens (tertiary/aromatic N) is 1. The lowest BCUT2D eigenvalue weighted by molar-refractivity contribution is -0.119. The van der Waals surface area contributed by atoms with Gasteiger partial charge in [0.15, 0.2) is 5.78 Å². The molecular weight excluding hydrogens is 216 g/mol. The van der Waals surface area contributed by atoms with Gasteiger partial charge in [0.25, 0.3) is 0 Å². The van der Waals surface area contributed by atoms with Gasteiger partial charge in [0.05, 0.1) is 12.7 Å². The number of nitrogens with one attached hydrogen (secondary N) is 1. The van der Waals surface area contributed by atoms with Crippen molar-refractivity contribution in [1.82, 2.24) is 10.6 Å². The Hall–Kier alpha value is -1.81. The van der Waals surface area contributed by atoms with Gasteiger partial charge in [0, 0.05) is 6.42 Å². The normalized spacial score (nSPS) is 14.4. The Bertz CT molecular complexity index is 415. The maximum absolute atomic E-state index is 10.9. The topological polar surface area (TPSA) is 41.6 Å². The first kappa shape index (κ1) is 11.7. The van der Waals surface area contributed by atoms with E-state index in [0.717, 1.165) is 18.6 Å². The second-order valence-corrected chi connectivity index (χ2v) is 4.10. The van der Waals surface area contributed by atoms with Gasteiger partial charge in [0.1, 0.15) is 5.76 Å². The molecule has 17 heavy (non-hydrogen) atoms. The van der Waals surface area contributed by atoms with Gasteiger partial charge in [-0.2, -0.15) is 0 Å². The van der Waals surface area contributed by atoms with E-state index < -0.39 is 0 Å². The molecule has 0 radical (unpaired) electrons. The van der Waals surface area contributed by atoms with Crippen LogP contribution in [0, 0.1) is 0 Å². The molecule has 1 heterocycles.